The Balaban J connectivity index is 1.75. The Labute approximate surface area is 116 Å². The van der Waals surface area contributed by atoms with Crippen molar-refractivity contribution in [2.75, 3.05) is 18.5 Å². The monoisotopic (exact) mass is 254 g/mol. The largest absolute Gasteiger partial charge is 0.373 e. The van der Waals surface area contributed by atoms with Crippen LogP contribution in [0.15, 0.2) is 18.2 Å². The summed E-state index contributed by atoms with van der Waals surface area (Å²) in [5, 5.41) is 9.25. The smallest absolute Gasteiger partial charge is 0.101 e. The van der Waals surface area contributed by atoms with Crippen molar-refractivity contribution in [3.05, 3.63) is 29.3 Å². The molecule has 19 heavy (non-hydrogen) atoms. The third kappa shape index (κ3) is 2.34. The fourth-order valence-electron chi connectivity index (χ4n) is 4.10. The average Bonchev–Trinajstić information content (AvgIpc) is 3.01. The number of hydrogen-bond donors (Lipinski definition) is 0. The van der Waals surface area contributed by atoms with Crippen molar-refractivity contribution < 1.29 is 0 Å². The lowest BCUT2D eigenvalue weighted by Gasteiger charge is -2.29. The summed E-state index contributed by atoms with van der Waals surface area (Å²) in [4.78, 5) is 2.30. The van der Waals surface area contributed by atoms with Crippen LogP contribution in [0.2, 0.25) is 0 Å². The minimum absolute atomic E-state index is 0.802. The Hall–Kier alpha value is -1.49. The van der Waals surface area contributed by atoms with Gasteiger partial charge in [0.25, 0.3) is 0 Å². The maximum Gasteiger partial charge on any atom is 0.101 e. The topological polar surface area (TPSA) is 27.0 Å². The highest BCUT2D eigenvalue weighted by Crippen LogP contribution is 2.48. The summed E-state index contributed by atoms with van der Waals surface area (Å²) in [5.41, 5.74) is 3.13. The first-order valence-corrected chi connectivity index (χ1v) is 7.39. The minimum Gasteiger partial charge on any atom is -0.373 e. The normalized spacial score (nSPS) is 28.4. The lowest BCUT2D eigenvalue weighted by atomic mass is 9.88. The second-order valence-corrected chi connectivity index (χ2v) is 6.45. The molecule has 100 valence electrons. The standard InChI is InChI=1S/C17H22N2/c1-12-3-5-15(10-18)17(7-12)19(2)11-16-9-13-4-6-14(16)8-13/h3,5,7,13-14,16H,4,6,8-9,11H2,1-2H3. The van der Waals surface area contributed by atoms with Crippen molar-refractivity contribution >= 4 is 5.69 Å². The zero-order valence-corrected chi connectivity index (χ0v) is 11.9. The first-order valence-electron chi connectivity index (χ1n) is 7.39. The van der Waals surface area contributed by atoms with Gasteiger partial charge in [-0.05, 0) is 61.6 Å². The van der Waals surface area contributed by atoms with Gasteiger partial charge in [-0.15, -0.1) is 0 Å². The number of benzene rings is 1. The summed E-state index contributed by atoms with van der Waals surface area (Å²) in [6, 6.07) is 8.43. The second kappa shape index (κ2) is 4.89. The van der Waals surface area contributed by atoms with E-state index in [2.05, 4.69) is 31.0 Å². The first kappa shape index (κ1) is 12.5. The highest BCUT2D eigenvalue weighted by atomic mass is 15.1. The maximum atomic E-state index is 9.25. The molecule has 1 aromatic rings. The van der Waals surface area contributed by atoms with Gasteiger partial charge in [0.2, 0.25) is 0 Å². The van der Waals surface area contributed by atoms with Crippen LogP contribution >= 0.6 is 0 Å². The quantitative estimate of drug-likeness (QED) is 0.821. The molecular formula is C17H22N2. The lowest BCUT2D eigenvalue weighted by Crippen LogP contribution is -2.29. The molecule has 0 amide bonds. The van der Waals surface area contributed by atoms with E-state index in [1.165, 1.54) is 31.2 Å². The van der Waals surface area contributed by atoms with Gasteiger partial charge in [-0.1, -0.05) is 12.5 Å². The Kier molecular flexibility index (Phi) is 3.22. The molecule has 0 aromatic heterocycles. The molecule has 2 nitrogen and oxygen atoms in total. The summed E-state index contributed by atoms with van der Waals surface area (Å²) >= 11 is 0. The van der Waals surface area contributed by atoms with Gasteiger partial charge >= 0.3 is 0 Å². The highest BCUT2D eigenvalue weighted by Gasteiger charge is 2.39. The molecule has 2 saturated carbocycles. The fraction of sp³-hybridized carbons (Fsp3) is 0.588. The van der Waals surface area contributed by atoms with E-state index >= 15 is 0 Å². The third-order valence-corrected chi connectivity index (χ3v) is 5.08. The molecule has 2 heteroatoms. The molecule has 0 radical (unpaired) electrons. The zero-order chi connectivity index (χ0) is 13.4. The summed E-state index contributed by atoms with van der Waals surface area (Å²) in [5.74, 6) is 2.79. The maximum absolute atomic E-state index is 9.25. The lowest BCUT2D eigenvalue weighted by molar-refractivity contribution is 0.337. The van der Waals surface area contributed by atoms with Crippen molar-refractivity contribution in [1.29, 1.82) is 5.26 Å². The molecular weight excluding hydrogens is 232 g/mol. The molecule has 0 aliphatic heterocycles. The van der Waals surface area contributed by atoms with E-state index in [-0.39, 0.29) is 0 Å². The van der Waals surface area contributed by atoms with Gasteiger partial charge in [0.1, 0.15) is 6.07 Å². The van der Waals surface area contributed by atoms with E-state index in [1.807, 2.05) is 12.1 Å². The van der Waals surface area contributed by atoms with E-state index in [9.17, 15) is 5.26 Å². The molecule has 1 aromatic carbocycles. The van der Waals surface area contributed by atoms with Crippen LogP contribution in [-0.2, 0) is 0 Å². The van der Waals surface area contributed by atoms with E-state index in [0.29, 0.717) is 0 Å². The Morgan fingerprint density at radius 2 is 2.16 bits per heavy atom. The van der Waals surface area contributed by atoms with Crippen molar-refractivity contribution in [3.8, 4) is 6.07 Å². The van der Waals surface area contributed by atoms with Gasteiger partial charge in [-0.2, -0.15) is 5.26 Å². The van der Waals surface area contributed by atoms with Gasteiger partial charge in [-0.3, -0.25) is 0 Å². The van der Waals surface area contributed by atoms with Gasteiger partial charge in [0.15, 0.2) is 0 Å². The minimum atomic E-state index is 0.802. The Morgan fingerprint density at radius 3 is 2.79 bits per heavy atom. The molecule has 3 rings (SSSR count). The number of fused-ring (bicyclic) bond motifs is 2. The number of aryl methyl sites for hydroxylation is 1. The van der Waals surface area contributed by atoms with E-state index in [0.717, 1.165) is 35.5 Å². The van der Waals surface area contributed by atoms with E-state index < -0.39 is 0 Å². The highest BCUT2D eigenvalue weighted by molar-refractivity contribution is 5.60. The van der Waals surface area contributed by atoms with Gasteiger partial charge in [0, 0.05) is 13.6 Å². The molecule has 0 N–H and O–H groups in total. The van der Waals surface area contributed by atoms with Crippen molar-refractivity contribution in [2.45, 2.75) is 32.6 Å². The van der Waals surface area contributed by atoms with Gasteiger partial charge < -0.3 is 4.90 Å². The van der Waals surface area contributed by atoms with Crippen molar-refractivity contribution in [1.82, 2.24) is 0 Å². The second-order valence-electron chi connectivity index (χ2n) is 6.45. The third-order valence-electron chi connectivity index (χ3n) is 5.08. The molecule has 3 atom stereocenters. The number of hydrogen-bond acceptors (Lipinski definition) is 2. The van der Waals surface area contributed by atoms with Crippen LogP contribution in [0.5, 0.6) is 0 Å². The van der Waals surface area contributed by atoms with Crippen LogP contribution in [-0.4, -0.2) is 13.6 Å². The predicted molar refractivity (Wildman–Crippen MR) is 78.1 cm³/mol. The zero-order valence-electron chi connectivity index (χ0n) is 11.9. The van der Waals surface area contributed by atoms with Crippen LogP contribution in [0.25, 0.3) is 0 Å². The van der Waals surface area contributed by atoms with Crippen LogP contribution in [0, 0.1) is 36.0 Å². The van der Waals surface area contributed by atoms with E-state index in [4.69, 9.17) is 0 Å². The van der Waals surface area contributed by atoms with E-state index in [1.54, 1.807) is 0 Å². The van der Waals surface area contributed by atoms with Crippen molar-refractivity contribution in [2.24, 2.45) is 17.8 Å². The molecule has 2 fully saturated rings. The Bertz CT molecular complexity index is 514. The van der Waals surface area contributed by atoms with Crippen LogP contribution < -0.4 is 4.90 Å². The molecule has 2 aliphatic carbocycles. The molecule has 3 unspecified atom stereocenters. The fourth-order valence-corrected chi connectivity index (χ4v) is 4.10. The summed E-state index contributed by atoms with van der Waals surface area (Å²) in [6.45, 7) is 3.20. The summed E-state index contributed by atoms with van der Waals surface area (Å²) < 4.78 is 0. The molecule has 0 heterocycles. The Morgan fingerprint density at radius 1 is 1.32 bits per heavy atom. The van der Waals surface area contributed by atoms with Gasteiger partial charge in [0.05, 0.1) is 11.3 Å². The van der Waals surface area contributed by atoms with Gasteiger partial charge in [-0.25, -0.2) is 0 Å². The summed E-state index contributed by atoms with van der Waals surface area (Å²) in [7, 11) is 2.14. The summed E-state index contributed by atoms with van der Waals surface area (Å²) in [6.07, 6.45) is 5.75. The van der Waals surface area contributed by atoms with Crippen LogP contribution in [0.4, 0.5) is 5.69 Å². The first-order chi connectivity index (χ1) is 9.17. The van der Waals surface area contributed by atoms with Crippen LogP contribution in [0.1, 0.15) is 36.8 Å². The molecule has 2 aliphatic rings. The van der Waals surface area contributed by atoms with Crippen LogP contribution in [0.3, 0.4) is 0 Å². The van der Waals surface area contributed by atoms with Crippen molar-refractivity contribution in [3.63, 3.8) is 0 Å². The number of anilines is 1. The molecule has 0 spiro atoms. The number of rotatable bonds is 3. The number of nitrogens with zero attached hydrogens (tertiary/aromatic N) is 2. The average molecular weight is 254 g/mol. The predicted octanol–water partition coefficient (Wildman–Crippen LogP) is 3.74. The number of nitriles is 1. The molecule has 2 bridgehead atoms. The SMILES string of the molecule is Cc1ccc(C#N)c(N(C)CC2CC3CCC2C3)c1. The molecule has 0 saturated heterocycles.